The standard InChI is InChI=1S/C13H13NO3S/c1-3-8-14-12(15)9-17-13(16)10-6-4-5-7-11(10)18-2/h1,4-7H,8-9H2,2H3,(H,14,15). The Morgan fingerprint density at radius 3 is 2.83 bits per heavy atom. The van der Waals surface area contributed by atoms with E-state index in [-0.39, 0.29) is 13.2 Å². The highest BCUT2D eigenvalue weighted by Gasteiger charge is 2.13. The predicted octanol–water partition coefficient (Wildman–Crippen LogP) is 1.31. The summed E-state index contributed by atoms with van der Waals surface area (Å²) in [6.45, 7) is -0.207. The first kappa shape index (κ1) is 14.1. The molecule has 0 aromatic heterocycles. The van der Waals surface area contributed by atoms with Crippen molar-refractivity contribution in [3.8, 4) is 12.3 Å². The van der Waals surface area contributed by atoms with Crippen LogP contribution in [0.3, 0.4) is 0 Å². The minimum absolute atomic E-state index is 0.123. The molecular formula is C13H13NO3S. The fourth-order valence-corrected chi connectivity index (χ4v) is 1.81. The molecule has 0 saturated heterocycles. The lowest BCUT2D eigenvalue weighted by atomic mass is 10.2. The Morgan fingerprint density at radius 1 is 1.44 bits per heavy atom. The smallest absolute Gasteiger partial charge is 0.339 e. The molecule has 0 saturated carbocycles. The zero-order chi connectivity index (χ0) is 13.4. The summed E-state index contributed by atoms with van der Waals surface area (Å²) < 4.78 is 4.90. The van der Waals surface area contributed by atoms with Crippen LogP contribution in [0.1, 0.15) is 10.4 Å². The Kier molecular flexibility index (Phi) is 5.81. The molecule has 1 N–H and O–H groups in total. The lowest BCUT2D eigenvalue weighted by Gasteiger charge is -2.07. The Balaban J connectivity index is 2.56. The zero-order valence-corrected chi connectivity index (χ0v) is 10.8. The van der Waals surface area contributed by atoms with Gasteiger partial charge in [-0.15, -0.1) is 18.2 Å². The van der Waals surface area contributed by atoms with E-state index in [2.05, 4.69) is 11.2 Å². The molecule has 0 radical (unpaired) electrons. The van der Waals surface area contributed by atoms with E-state index in [0.717, 1.165) is 4.90 Å². The van der Waals surface area contributed by atoms with Gasteiger partial charge in [-0.05, 0) is 18.4 Å². The van der Waals surface area contributed by atoms with Crippen LogP contribution in [0.25, 0.3) is 0 Å². The van der Waals surface area contributed by atoms with Crippen molar-refractivity contribution in [2.45, 2.75) is 4.90 Å². The van der Waals surface area contributed by atoms with Crippen molar-refractivity contribution in [3.05, 3.63) is 29.8 Å². The van der Waals surface area contributed by atoms with Gasteiger partial charge in [-0.3, -0.25) is 4.79 Å². The van der Waals surface area contributed by atoms with Crippen LogP contribution in [0.15, 0.2) is 29.2 Å². The molecular weight excluding hydrogens is 250 g/mol. The molecule has 0 bridgehead atoms. The van der Waals surface area contributed by atoms with Crippen molar-refractivity contribution in [1.29, 1.82) is 0 Å². The number of thioether (sulfide) groups is 1. The van der Waals surface area contributed by atoms with Crippen LogP contribution in [-0.2, 0) is 9.53 Å². The van der Waals surface area contributed by atoms with E-state index in [1.807, 2.05) is 18.4 Å². The highest BCUT2D eigenvalue weighted by molar-refractivity contribution is 7.98. The van der Waals surface area contributed by atoms with Gasteiger partial charge >= 0.3 is 5.97 Å². The SMILES string of the molecule is C#CCNC(=O)COC(=O)c1ccccc1SC. The van der Waals surface area contributed by atoms with Crippen LogP contribution >= 0.6 is 11.8 Å². The molecule has 0 unspecified atom stereocenters. The van der Waals surface area contributed by atoms with Crippen LogP contribution in [0.2, 0.25) is 0 Å². The number of hydrogen-bond acceptors (Lipinski definition) is 4. The second kappa shape index (κ2) is 7.41. The predicted molar refractivity (Wildman–Crippen MR) is 70.3 cm³/mol. The fourth-order valence-electron chi connectivity index (χ4n) is 1.22. The Labute approximate surface area is 110 Å². The summed E-state index contributed by atoms with van der Waals surface area (Å²) in [6.07, 6.45) is 6.85. The number of carbonyl (C=O) groups is 2. The molecule has 0 fully saturated rings. The lowest BCUT2D eigenvalue weighted by Crippen LogP contribution is -2.29. The van der Waals surface area contributed by atoms with Crippen molar-refractivity contribution >= 4 is 23.6 Å². The fraction of sp³-hybridized carbons (Fsp3) is 0.231. The highest BCUT2D eigenvalue weighted by Crippen LogP contribution is 2.20. The van der Waals surface area contributed by atoms with Gasteiger partial charge in [0, 0.05) is 4.90 Å². The minimum atomic E-state index is -0.518. The van der Waals surface area contributed by atoms with Crippen molar-refractivity contribution in [2.75, 3.05) is 19.4 Å². The van der Waals surface area contributed by atoms with E-state index < -0.39 is 11.9 Å². The van der Waals surface area contributed by atoms with Gasteiger partial charge in [0.2, 0.25) is 0 Å². The van der Waals surface area contributed by atoms with Gasteiger partial charge in [-0.1, -0.05) is 18.1 Å². The molecule has 0 spiro atoms. The average Bonchev–Trinajstić information content (AvgIpc) is 2.42. The maximum atomic E-state index is 11.7. The molecule has 1 amide bonds. The first-order valence-electron chi connectivity index (χ1n) is 5.19. The van der Waals surface area contributed by atoms with E-state index in [1.165, 1.54) is 11.8 Å². The van der Waals surface area contributed by atoms with Gasteiger partial charge in [-0.2, -0.15) is 0 Å². The summed E-state index contributed by atoms with van der Waals surface area (Å²) >= 11 is 1.44. The van der Waals surface area contributed by atoms with Crippen LogP contribution in [0.5, 0.6) is 0 Å². The Bertz CT molecular complexity index is 479. The minimum Gasteiger partial charge on any atom is -0.452 e. The van der Waals surface area contributed by atoms with E-state index >= 15 is 0 Å². The number of terminal acetylenes is 1. The summed E-state index contributed by atoms with van der Waals surface area (Å²) in [5, 5.41) is 2.41. The first-order valence-corrected chi connectivity index (χ1v) is 6.41. The molecule has 0 heterocycles. The van der Waals surface area contributed by atoms with E-state index in [4.69, 9.17) is 11.2 Å². The first-order chi connectivity index (χ1) is 8.69. The molecule has 1 aromatic rings. The van der Waals surface area contributed by atoms with Gasteiger partial charge in [0.15, 0.2) is 6.61 Å². The number of hydrogen-bond donors (Lipinski definition) is 1. The molecule has 4 nitrogen and oxygen atoms in total. The topological polar surface area (TPSA) is 55.4 Å². The maximum absolute atomic E-state index is 11.7. The highest BCUT2D eigenvalue weighted by atomic mass is 32.2. The van der Waals surface area contributed by atoms with E-state index in [0.29, 0.717) is 5.56 Å². The molecule has 1 aromatic carbocycles. The van der Waals surface area contributed by atoms with Crippen LogP contribution in [-0.4, -0.2) is 31.3 Å². The number of rotatable bonds is 5. The maximum Gasteiger partial charge on any atom is 0.339 e. The molecule has 1 rings (SSSR count). The summed E-state index contributed by atoms with van der Waals surface area (Å²) in [5.41, 5.74) is 0.453. The summed E-state index contributed by atoms with van der Waals surface area (Å²) in [4.78, 5) is 23.8. The zero-order valence-electron chi connectivity index (χ0n) is 9.93. The van der Waals surface area contributed by atoms with Crippen LogP contribution < -0.4 is 5.32 Å². The number of amides is 1. The summed E-state index contributed by atoms with van der Waals surface area (Å²) in [5.74, 6) is 1.33. The summed E-state index contributed by atoms with van der Waals surface area (Å²) in [7, 11) is 0. The van der Waals surface area contributed by atoms with Crippen LogP contribution in [0, 0.1) is 12.3 Å². The average molecular weight is 263 g/mol. The molecule has 0 aliphatic carbocycles. The van der Waals surface area contributed by atoms with Gasteiger partial charge in [0.1, 0.15) is 0 Å². The Morgan fingerprint density at radius 2 is 2.17 bits per heavy atom. The lowest BCUT2D eigenvalue weighted by molar-refractivity contribution is -0.123. The molecule has 18 heavy (non-hydrogen) atoms. The third-order valence-electron chi connectivity index (χ3n) is 2.05. The third-order valence-corrected chi connectivity index (χ3v) is 2.84. The monoisotopic (exact) mass is 263 g/mol. The summed E-state index contributed by atoms with van der Waals surface area (Å²) in [6, 6.07) is 7.06. The third kappa shape index (κ3) is 4.15. The molecule has 0 aliphatic heterocycles. The molecule has 0 atom stereocenters. The molecule has 5 heteroatoms. The largest absolute Gasteiger partial charge is 0.452 e. The quantitative estimate of drug-likeness (QED) is 0.494. The van der Waals surface area contributed by atoms with Crippen molar-refractivity contribution in [3.63, 3.8) is 0 Å². The Hall–Kier alpha value is -1.93. The number of carbonyl (C=O) groups excluding carboxylic acids is 2. The van der Waals surface area contributed by atoms with Gasteiger partial charge in [0.05, 0.1) is 12.1 Å². The van der Waals surface area contributed by atoms with Crippen molar-refractivity contribution < 1.29 is 14.3 Å². The number of nitrogens with one attached hydrogen (secondary N) is 1. The second-order valence-electron chi connectivity index (χ2n) is 3.26. The van der Waals surface area contributed by atoms with Crippen LogP contribution in [0.4, 0.5) is 0 Å². The molecule has 94 valence electrons. The van der Waals surface area contributed by atoms with E-state index in [1.54, 1.807) is 12.1 Å². The second-order valence-corrected chi connectivity index (χ2v) is 4.11. The normalized spacial score (nSPS) is 9.33. The van der Waals surface area contributed by atoms with Gasteiger partial charge in [-0.25, -0.2) is 4.79 Å². The number of esters is 1. The van der Waals surface area contributed by atoms with Crippen molar-refractivity contribution in [1.82, 2.24) is 5.32 Å². The number of ether oxygens (including phenoxy) is 1. The number of benzene rings is 1. The van der Waals surface area contributed by atoms with Gasteiger partial charge in [0.25, 0.3) is 5.91 Å². The van der Waals surface area contributed by atoms with Gasteiger partial charge < -0.3 is 10.1 Å². The van der Waals surface area contributed by atoms with E-state index in [9.17, 15) is 9.59 Å². The van der Waals surface area contributed by atoms with Crippen molar-refractivity contribution in [2.24, 2.45) is 0 Å². The molecule has 0 aliphatic rings.